The second-order valence-corrected chi connectivity index (χ2v) is 5.17. The number of rotatable bonds is 3. The first-order valence-electron chi connectivity index (χ1n) is 6.16. The van der Waals surface area contributed by atoms with Gasteiger partial charge in [-0.15, -0.1) is 0 Å². The van der Waals surface area contributed by atoms with Crippen LogP contribution in [-0.2, 0) is 4.79 Å². The molecule has 0 unspecified atom stereocenters. The molecule has 0 spiro atoms. The summed E-state index contributed by atoms with van der Waals surface area (Å²) >= 11 is 0. The first-order chi connectivity index (χ1) is 8.05. The summed E-state index contributed by atoms with van der Waals surface area (Å²) in [6.07, 6.45) is 2.94. The van der Waals surface area contributed by atoms with Gasteiger partial charge < -0.3 is 11.1 Å². The minimum atomic E-state index is -0.308. The van der Waals surface area contributed by atoms with Gasteiger partial charge in [-0.3, -0.25) is 4.79 Å². The van der Waals surface area contributed by atoms with Crippen molar-refractivity contribution >= 4 is 11.6 Å². The summed E-state index contributed by atoms with van der Waals surface area (Å²) in [5, 5.41) is 3.00. The minimum absolute atomic E-state index is 0.0799. The fourth-order valence-corrected chi connectivity index (χ4v) is 2.44. The van der Waals surface area contributed by atoms with Crippen LogP contribution in [0.25, 0.3) is 0 Å². The van der Waals surface area contributed by atoms with E-state index < -0.39 is 0 Å². The van der Waals surface area contributed by atoms with Crippen LogP contribution in [0.15, 0.2) is 18.2 Å². The Morgan fingerprint density at radius 1 is 1.29 bits per heavy atom. The maximum Gasteiger partial charge on any atom is 0.231 e. The molecule has 0 aliphatic heterocycles. The topological polar surface area (TPSA) is 55.1 Å². The van der Waals surface area contributed by atoms with Crippen molar-refractivity contribution in [2.45, 2.75) is 33.1 Å². The van der Waals surface area contributed by atoms with Crippen LogP contribution < -0.4 is 11.1 Å². The molecule has 0 saturated heterocycles. The third-order valence-corrected chi connectivity index (χ3v) is 3.66. The monoisotopic (exact) mass is 232 g/mol. The highest BCUT2D eigenvalue weighted by Gasteiger charge is 2.42. The molecule has 0 aromatic heterocycles. The van der Waals surface area contributed by atoms with Gasteiger partial charge in [-0.25, -0.2) is 0 Å². The van der Waals surface area contributed by atoms with Crippen LogP contribution in [0.1, 0.15) is 30.4 Å². The zero-order chi connectivity index (χ0) is 12.5. The van der Waals surface area contributed by atoms with Crippen LogP contribution in [0.5, 0.6) is 0 Å². The summed E-state index contributed by atoms with van der Waals surface area (Å²) < 4.78 is 0. The Hall–Kier alpha value is -1.35. The predicted octanol–water partition coefficient (Wildman–Crippen LogP) is 2.37. The summed E-state index contributed by atoms with van der Waals surface area (Å²) in [4.78, 5) is 12.2. The summed E-state index contributed by atoms with van der Waals surface area (Å²) in [7, 11) is 0. The smallest absolute Gasteiger partial charge is 0.231 e. The predicted molar refractivity (Wildman–Crippen MR) is 69.9 cm³/mol. The lowest BCUT2D eigenvalue weighted by molar-refractivity contribution is -0.129. The molecule has 0 heterocycles. The fraction of sp³-hybridized carbons (Fsp3) is 0.500. The molecule has 1 aliphatic carbocycles. The van der Waals surface area contributed by atoms with Gasteiger partial charge in [0.2, 0.25) is 5.91 Å². The number of anilines is 1. The van der Waals surface area contributed by atoms with Gasteiger partial charge in [0.15, 0.2) is 0 Å². The van der Waals surface area contributed by atoms with Gasteiger partial charge in [0.05, 0.1) is 5.41 Å². The molecule has 0 radical (unpaired) electrons. The number of nitrogens with one attached hydrogen (secondary N) is 1. The van der Waals surface area contributed by atoms with Crippen LogP contribution in [0, 0.1) is 19.3 Å². The molecule has 92 valence electrons. The van der Waals surface area contributed by atoms with Crippen LogP contribution in [-0.4, -0.2) is 12.5 Å². The Bertz CT molecular complexity index is 410. The van der Waals surface area contributed by atoms with E-state index in [-0.39, 0.29) is 11.3 Å². The van der Waals surface area contributed by atoms with E-state index in [0.717, 1.165) is 36.1 Å². The number of nitrogens with two attached hydrogens (primary N) is 1. The highest BCUT2D eigenvalue weighted by Crippen LogP contribution is 2.40. The van der Waals surface area contributed by atoms with Gasteiger partial charge in [-0.1, -0.05) is 12.5 Å². The number of aryl methyl sites for hydroxylation is 2. The largest absolute Gasteiger partial charge is 0.329 e. The van der Waals surface area contributed by atoms with Gasteiger partial charge in [0.1, 0.15) is 0 Å². The van der Waals surface area contributed by atoms with Crippen LogP contribution in [0.2, 0.25) is 0 Å². The van der Waals surface area contributed by atoms with Gasteiger partial charge >= 0.3 is 0 Å². The van der Waals surface area contributed by atoms with Gasteiger partial charge in [0.25, 0.3) is 0 Å². The Morgan fingerprint density at radius 2 is 1.88 bits per heavy atom. The molecule has 0 bridgehead atoms. The first kappa shape index (κ1) is 12.1. The van der Waals surface area contributed by atoms with Crippen LogP contribution in [0.3, 0.4) is 0 Å². The molecule has 1 saturated carbocycles. The quantitative estimate of drug-likeness (QED) is 0.840. The number of carbonyl (C=O) groups excluding carboxylic acids is 1. The van der Waals surface area contributed by atoms with E-state index in [1.54, 1.807) is 0 Å². The highest BCUT2D eigenvalue weighted by molar-refractivity contribution is 5.96. The average Bonchev–Trinajstić information content (AvgIpc) is 2.14. The Morgan fingerprint density at radius 3 is 2.29 bits per heavy atom. The molecule has 3 heteroatoms. The molecule has 1 aromatic rings. The molecule has 1 aromatic carbocycles. The molecule has 1 fully saturated rings. The molecule has 1 aliphatic rings. The first-order valence-corrected chi connectivity index (χ1v) is 6.16. The van der Waals surface area contributed by atoms with Crippen molar-refractivity contribution in [3.63, 3.8) is 0 Å². The second-order valence-electron chi connectivity index (χ2n) is 5.17. The fourth-order valence-electron chi connectivity index (χ4n) is 2.44. The lowest BCUT2D eigenvalue weighted by Crippen LogP contribution is -2.47. The molecular weight excluding hydrogens is 212 g/mol. The summed E-state index contributed by atoms with van der Waals surface area (Å²) in [6.45, 7) is 4.51. The maximum absolute atomic E-state index is 12.2. The van der Waals surface area contributed by atoms with Crippen LogP contribution >= 0.6 is 0 Å². The second kappa shape index (κ2) is 4.49. The number of benzene rings is 1. The number of amides is 1. The normalized spacial score (nSPS) is 17.4. The summed E-state index contributed by atoms with van der Waals surface area (Å²) in [6, 6.07) is 6.08. The van der Waals surface area contributed by atoms with Crippen molar-refractivity contribution in [3.8, 4) is 0 Å². The van der Waals surface area contributed by atoms with E-state index in [4.69, 9.17) is 5.73 Å². The van der Waals surface area contributed by atoms with Crippen molar-refractivity contribution in [2.75, 3.05) is 11.9 Å². The zero-order valence-electron chi connectivity index (χ0n) is 10.5. The van der Waals surface area contributed by atoms with Gasteiger partial charge in [-0.2, -0.15) is 0 Å². The Balaban J connectivity index is 2.12. The molecule has 17 heavy (non-hydrogen) atoms. The number of hydrogen-bond donors (Lipinski definition) is 2. The van der Waals surface area contributed by atoms with E-state index in [9.17, 15) is 4.79 Å². The SMILES string of the molecule is Cc1cc(C)cc(NC(=O)C2(CN)CCC2)c1. The third kappa shape index (κ3) is 2.34. The minimum Gasteiger partial charge on any atom is -0.329 e. The van der Waals surface area contributed by atoms with E-state index in [0.29, 0.717) is 6.54 Å². The van der Waals surface area contributed by atoms with Crippen molar-refractivity contribution in [3.05, 3.63) is 29.3 Å². The molecule has 3 nitrogen and oxygen atoms in total. The highest BCUT2D eigenvalue weighted by atomic mass is 16.2. The number of hydrogen-bond acceptors (Lipinski definition) is 2. The molecule has 2 rings (SSSR count). The average molecular weight is 232 g/mol. The zero-order valence-corrected chi connectivity index (χ0v) is 10.5. The lowest BCUT2D eigenvalue weighted by atomic mass is 9.68. The third-order valence-electron chi connectivity index (χ3n) is 3.66. The molecule has 1 amide bonds. The lowest BCUT2D eigenvalue weighted by Gasteiger charge is -2.39. The molecule has 3 N–H and O–H groups in total. The van der Waals surface area contributed by atoms with Crippen molar-refractivity contribution < 1.29 is 4.79 Å². The summed E-state index contributed by atoms with van der Waals surface area (Å²) in [5.41, 5.74) is 8.62. The van der Waals surface area contributed by atoms with Gasteiger partial charge in [0, 0.05) is 12.2 Å². The van der Waals surface area contributed by atoms with Crippen molar-refractivity contribution in [1.82, 2.24) is 0 Å². The van der Waals surface area contributed by atoms with E-state index in [1.165, 1.54) is 0 Å². The molecular formula is C14H20N2O. The Labute approximate surface area is 102 Å². The van der Waals surface area contributed by atoms with E-state index >= 15 is 0 Å². The van der Waals surface area contributed by atoms with Crippen molar-refractivity contribution in [1.29, 1.82) is 0 Å². The Kier molecular flexibility index (Phi) is 3.20. The van der Waals surface area contributed by atoms with E-state index in [1.807, 2.05) is 26.0 Å². The number of carbonyl (C=O) groups is 1. The summed E-state index contributed by atoms with van der Waals surface area (Å²) in [5.74, 6) is 0.0799. The molecule has 0 atom stereocenters. The van der Waals surface area contributed by atoms with Crippen molar-refractivity contribution in [2.24, 2.45) is 11.1 Å². The van der Waals surface area contributed by atoms with Crippen LogP contribution in [0.4, 0.5) is 5.69 Å². The maximum atomic E-state index is 12.2. The van der Waals surface area contributed by atoms with E-state index in [2.05, 4.69) is 11.4 Å². The van der Waals surface area contributed by atoms with Gasteiger partial charge in [-0.05, 0) is 49.9 Å². The standard InChI is InChI=1S/C14H20N2O/c1-10-6-11(2)8-12(7-10)16-13(17)14(9-15)4-3-5-14/h6-8H,3-5,9,15H2,1-2H3,(H,16,17).